The summed E-state index contributed by atoms with van der Waals surface area (Å²) in [6, 6.07) is 7.98. The number of aliphatic imine (C=N–C) groups is 1. The van der Waals surface area contributed by atoms with Crippen molar-refractivity contribution in [2.45, 2.75) is 19.3 Å². The molecule has 0 saturated carbocycles. The SMILES string of the molecule is O=C(CCCN1C(=O)C2C=C3OCOC3=CC2=NC1=S)NCCCN1CCN(c2cccc(Cl)c2)CC1. The summed E-state index contributed by atoms with van der Waals surface area (Å²) in [5.41, 5.74) is 1.73. The molecule has 1 aromatic carbocycles. The molecule has 1 N–H and O–H groups in total. The molecule has 1 unspecified atom stereocenters. The number of hydrogen-bond acceptors (Lipinski definition) is 7. The summed E-state index contributed by atoms with van der Waals surface area (Å²) in [5.74, 6) is 0.440. The van der Waals surface area contributed by atoms with Gasteiger partial charge in [0.15, 0.2) is 11.5 Å². The number of ether oxygens (including phenoxy) is 2. The van der Waals surface area contributed by atoms with Crippen LogP contribution in [0.15, 0.2) is 52.9 Å². The Kier molecular flexibility index (Phi) is 8.07. The van der Waals surface area contributed by atoms with Crippen molar-refractivity contribution >= 4 is 52.1 Å². The van der Waals surface area contributed by atoms with Crippen molar-refractivity contribution in [2.75, 3.05) is 57.5 Å². The monoisotopic (exact) mass is 543 g/mol. The minimum atomic E-state index is -0.534. The molecule has 9 nitrogen and oxygen atoms in total. The van der Waals surface area contributed by atoms with Gasteiger partial charge in [-0.25, -0.2) is 4.99 Å². The first-order valence-corrected chi connectivity index (χ1v) is 13.4. The molecule has 11 heteroatoms. The van der Waals surface area contributed by atoms with E-state index in [4.69, 9.17) is 33.3 Å². The molecule has 0 bridgehead atoms. The maximum atomic E-state index is 13.0. The molecule has 0 spiro atoms. The van der Waals surface area contributed by atoms with E-state index in [1.165, 1.54) is 4.90 Å². The van der Waals surface area contributed by atoms with Crippen molar-refractivity contribution in [1.29, 1.82) is 0 Å². The molecule has 0 aromatic heterocycles. The molecule has 2 amide bonds. The number of benzene rings is 1. The highest BCUT2D eigenvalue weighted by Gasteiger charge is 2.38. The molecule has 4 aliphatic rings. The van der Waals surface area contributed by atoms with E-state index < -0.39 is 5.92 Å². The van der Waals surface area contributed by atoms with Gasteiger partial charge in [0, 0.05) is 62.5 Å². The van der Waals surface area contributed by atoms with E-state index in [0.717, 1.165) is 49.9 Å². The quantitative estimate of drug-likeness (QED) is 0.378. The summed E-state index contributed by atoms with van der Waals surface area (Å²) in [6.07, 6.45) is 5.17. The number of allylic oxidation sites excluding steroid dienone is 1. The molecule has 1 aliphatic carbocycles. The van der Waals surface area contributed by atoms with Crippen molar-refractivity contribution < 1.29 is 19.1 Å². The Labute approximate surface area is 226 Å². The lowest BCUT2D eigenvalue weighted by molar-refractivity contribution is -0.129. The summed E-state index contributed by atoms with van der Waals surface area (Å²) in [6.45, 7) is 5.97. The fourth-order valence-corrected chi connectivity index (χ4v) is 5.33. The molecule has 196 valence electrons. The van der Waals surface area contributed by atoms with Crippen molar-refractivity contribution in [1.82, 2.24) is 15.1 Å². The lowest BCUT2D eigenvalue weighted by Gasteiger charge is -2.36. The average Bonchev–Trinajstić information content (AvgIpc) is 3.35. The Bertz CT molecular complexity index is 1160. The van der Waals surface area contributed by atoms with Crippen LogP contribution >= 0.6 is 23.8 Å². The van der Waals surface area contributed by atoms with Gasteiger partial charge in [0.1, 0.15) is 5.92 Å². The molecule has 5 rings (SSSR count). The Morgan fingerprint density at radius 3 is 2.76 bits per heavy atom. The third kappa shape index (κ3) is 6.14. The van der Waals surface area contributed by atoms with Gasteiger partial charge in [0.2, 0.25) is 23.7 Å². The van der Waals surface area contributed by atoms with Gasteiger partial charge in [-0.15, -0.1) is 0 Å². The lowest BCUT2D eigenvalue weighted by atomic mass is 9.94. The van der Waals surface area contributed by atoms with Gasteiger partial charge in [-0.2, -0.15) is 0 Å². The minimum Gasteiger partial charge on any atom is -0.454 e. The van der Waals surface area contributed by atoms with Gasteiger partial charge in [0.05, 0.1) is 5.71 Å². The predicted molar refractivity (Wildman–Crippen MR) is 145 cm³/mol. The topological polar surface area (TPSA) is 86.7 Å². The van der Waals surface area contributed by atoms with Crippen LogP contribution in [0.2, 0.25) is 5.02 Å². The smallest absolute Gasteiger partial charge is 0.241 e. The Morgan fingerprint density at radius 1 is 1.14 bits per heavy atom. The van der Waals surface area contributed by atoms with Crippen LogP contribution in [-0.4, -0.2) is 85.0 Å². The molecular formula is C26H30ClN5O4S. The maximum absolute atomic E-state index is 13.0. The molecule has 1 atom stereocenters. The average molecular weight is 544 g/mol. The van der Waals surface area contributed by atoms with Gasteiger partial charge in [-0.05, 0) is 55.9 Å². The van der Waals surface area contributed by atoms with Gasteiger partial charge in [-0.1, -0.05) is 17.7 Å². The summed E-state index contributed by atoms with van der Waals surface area (Å²) >= 11 is 11.5. The summed E-state index contributed by atoms with van der Waals surface area (Å²) < 4.78 is 10.8. The zero-order valence-electron chi connectivity index (χ0n) is 20.5. The van der Waals surface area contributed by atoms with E-state index in [1.807, 2.05) is 18.2 Å². The van der Waals surface area contributed by atoms with Crippen molar-refractivity contribution in [2.24, 2.45) is 10.9 Å². The Hall–Kier alpha value is -2.95. The molecule has 37 heavy (non-hydrogen) atoms. The Balaban J connectivity index is 0.977. The molecule has 3 aliphatic heterocycles. The summed E-state index contributed by atoms with van der Waals surface area (Å²) in [4.78, 5) is 36.0. The van der Waals surface area contributed by atoms with Crippen LogP contribution in [0.5, 0.6) is 0 Å². The number of rotatable bonds is 9. The zero-order chi connectivity index (χ0) is 25.8. The van der Waals surface area contributed by atoms with Crippen LogP contribution in [0.3, 0.4) is 0 Å². The molecule has 3 heterocycles. The summed E-state index contributed by atoms with van der Waals surface area (Å²) in [7, 11) is 0. The van der Waals surface area contributed by atoms with Crippen LogP contribution < -0.4 is 10.2 Å². The van der Waals surface area contributed by atoms with E-state index >= 15 is 0 Å². The highest BCUT2D eigenvalue weighted by Crippen LogP contribution is 2.31. The number of thiocarbonyl (C=S) groups is 1. The second-order valence-electron chi connectivity index (χ2n) is 9.35. The van der Waals surface area contributed by atoms with Crippen LogP contribution in [0.25, 0.3) is 0 Å². The van der Waals surface area contributed by atoms with Crippen LogP contribution in [-0.2, 0) is 19.1 Å². The van der Waals surface area contributed by atoms with Crippen LogP contribution in [0, 0.1) is 5.92 Å². The number of nitrogens with one attached hydrogen (secondary N) is 1. The number of carbonyl (C=O) groups excluding carboxylic acids is 2. The third-order valence-electron chi connectivity index (χ3n) is 6.88. The van der Waals surface area contributed by atoms with Gasteiger partial charge in [-0.3, -0.25) is 19.4 Å². The number of anilines is 1. The first-order valence-electron chi connectivity index (χ1n) is 12.6. The second kappa shape index (κ2) is 11.6. The van der Waals surface area contributed by atoms with Crippen molar-refractivity contribution in [3.05, 3.63) is 53.0 Å². The third-order valence-corrected chi connectivity index (χ3v) is 7.43. The van der Waals surface area contributed by atoms with Crippen molar-refractivity contribution in [3.8, 4) is 0 Å². The van der Waals surface area contributed by atoms with Gasteiger partial charge < -0.3 is 19.7 Å². The molecule has 2 saturated heterocycles. The minimum absolute atomic E-state index is 0.0193. The van der Waals surface area contributed by atoms with Crippen molar-refractivity contribution in [3.63, 3.8) is 0 Å². The second-order valence-corrected chi connectivity index (χ2v) is 10.2. The van der Waals surface area contributed by atoms with E-state index in [0.29, 0.717) is 43.2 Å². The zero-order valence-corrected chi connectivity index (χ0v) is 22.1. The number of nitrogens with zero attached hydrogens (tertiary/aromatic N) is 4. The predicted octanol–water partition coefficient (Wildman–Crippen LogP) is 2.72. The fourth-order valence-electron chi connectivity index (χ4n) is 4.86. The Morgan fingerprint density at radius 2 is 1.95 bits per heavy atom. The molecular weight excluding hydrogens is 514 g/mol. The van der Waals surface area contributed by atoms with E-state index in [2.05, 4.69) is 26.2 Å². The molecule has 2 fully saturated rings. The summed E-state index contributed by atoms with van der Waals surface area (Å²) in [5, 5.41) is 3.97. The fraction of sp³-hybridized carbons (Fsp3) is 0.462. The number of amides is 2. The van der Waals surface area contributed by atoms with Gasteiger partial charge >= 0.3 is 0 Å². The largest absolute Gasteiger partial charge is 0.454 e. The molecule has 0 radical (unpaired) electrons. The van der Waals surface area contributed by atoms with E-state index in [9.17, 15) is 9.59 Å². The van der Waals surface area contributed by atoms with E-state index in [-0.39, 0.29) is 23.7 Å². The lowest BCUT2D eigenvalue weighted by Crippen LogP contribution is -2.47. The number of fused-ring (bicyclic) bond motifs is 2. The standard InChI is InChI=1S/C26H30ClN5O4S/c27-18-4-1-5-19(14-18)31-12-10-30(11-13-31)8-3-7-28-24(33)6-2-9-32-25(34)20-15-22-23(36-17-35-22)16-21(20)29-26(32)37/h1,4-5,14-16,20H,2-3,6-13,17H2,(H,28,33). The normalized spacial score (nSPS) is 21.3. The number of hydrogen-bond donors (Lipinski definition) is 1. The van der Waals surface area contributed by atoms with Gasteiger partial charge in [0.25, 0.3) is 0 Å². The number of piperazine rings is 1. The van der Waals surface area contributed by atoms with Crippen LogP contribution in [0.1, 0.15) is 19.3 Å². The maximum Gasteiger partial charge on any atom is 0.241 e. The van der Waals surface area contributed by atoms with E-state index in [1.54, 1.807) is 12.2 Å². The first kappa shape index (κ1) is 25.7. The molecule has 1 aromatic rings. The first-order chi connectivity index (χ1) is 18.0. The highest BCUT2D eigenvalue weighted by atomic mass is 35.5. The number of carbonyl (C=O) groups is 2. The van der Waals surface area contributed by atoms with Crippen LogP contribution in [0.4, 0.5) is 5.69 Å². The number of halogens is 1. The highest BCUT2D eigenvalue weighted by molar-refractivity contribution is 7.80.